The van der Waals surface area contributed by atoms with E-state index in [9.17, 15) is 4.79 Å². The summed E-state index contributed by atoms with van der Waals surface area (Å²) in [6.07, 6.45) is 4.75. The molecular weight excluding hydrogens is 270 g/mol. The standard InChI is InChI=1S/C16H23NO4/c1-12-4-9-20-15(12)16(18)17-6-2-14(3-7-17)21-11-13-5-8-19-10-13/h4,9,13-14H,2-3,5-8,10-11H2,1H3/t13-/m1/s1. The van der Waals surface area contributed by atoms with Crippen LogP contribution in [-0.2, 0) is 9.47 Å². The van der Waals surface area contributed by atoms with Gasteiger partial charge >= 0.3 is 0 Å². The van der Waals surface area contributed by atoms with Gasteiger partial charge in [-0.3, -0.25) is 4.79 Å². The highest BCUT2D eigenvalue weighted by Gasteiger charge is 2.27. The van der Waals surface area contributed by atoms with E-state index >= 15 is 0 Å². The van der Waals surface area contributed by atoms with Crippen LogP contribution in [0.25, 0.3) is 0 Å². The van der Waals surface area contributed by atoms with Gasteiger partial charge in [0, 0.05) is 31.2 Å². The lowest BCUT2D eigenvalue weighted by molar-refractivity contribution is -0.00847. The van der Waals surface area contributed by atoms with E-state index in [-0.39, 0.29) is 12.0 Å². The molecule has 3 heterocycles. The average molecular weight is 293 g/mol. The van der Waals surface area contributed by atoms with Crippen molar-refractivity contribution in [3.63, 3.8) is 0 Å². The van der Waals surface area contributed by atoms with Crippen LogP contribution < -0.4 is 0 Å². The van der Waals surface area contributed by atoms with Gasteiger partial charge in [-0.2, -0.15) is 0 Å². The van der Waals surface area contributed by atoms with Crippen LogP contribution in [0.3, 0.4) is 0 Å². The van der Waals surface area contributed by atoms with Gasteiger partial charge in [0.2, 0.25) is 0 Å². The third-order valence-electron chi connectivity index (χ3n) is 4.38. The van der Waals surface area contributed by atoms with Gasteiger partial charge in [-0.25, -0.2) is 0 Å². The molecule has 1 aromatic rings. The average Bonchev–Trinajstić information content (AvgIpc) is 3.16. The normalized spacial score (nSPS) is 23.7. The molecular formula is C16H23NO4. The minimum absolute atomic E-state index is 0.000132. The number of piperidine rings is 1. The van der Waals surface area contributed by atoms with E-state index < -0.39 is 0 Å². The SMILES string of the molecule is Cc1ccoc1C(=O)N1CCC(OC[C@@H]2CCOC2)CC1. The minimum Gasteiger partial charge on any atom is -0.459 e. The van der Waals surface area contributed by atoms with Crippen molar-refractivity contribution in [2.45, 2.75) is 32.3 Å². The maximum absolute atomic E-state index is 12.3. The molecule has 2 saturated heterocycles. The number of hydrogen-bond donors (Lipinski definition) is 0. The van der Waals surface area contributed by atoms with Crippen molar-refractivity contribution in [3.8, 4) is 0 Å². The molecule has 0 aromatic carbocycles. The van der Waals surface area contributed by atoms with E-state index in [0.717, 1.165) is 57.7 Å². The molecule has 21 heavy (non-hydrogen) atoms. The Labute approximate surface area is 125 Å². The van der Waals surface area contributed by atoms with Crippen molar-refractivity contribution < 1.29 is 18.7 Å². The van der Waals surface area contributed by atoms with Crippen molar-refractivity contribution in [1.29, 1.82) is 0 Å². The molecule has 0 N–H and O–H groups in total. The lowest BCUT2D eigenvalue weighted by Gasteiger charge is -2.32. The zero-order chi connectivity index (χ0) is 14.7. The molecule has 3 rings (SSSR count). The smallest absolute Gasteiger partial charge is 0.289 e. The van der Waals surface area contributed by atoms with E-state index in [1.807, 2.05) is 17.9 Å². The first-order valence-corrected chi connectivity index (χ1v) is 7.76. The van der Waals surface area contributed by atoms with Crippen LogP contribution in [0.15, 0.2) is 16.7 Å². The number of aryl methyl sites for hydroxylation is 1. The van der Waals surface area contributed by atoms with Crippen LogP contribution in [0.2, 0.25) is 0 Å². The Morgan fingerprint density at radius 2 is 2.19 bits per heavy atom. The van der Waals surface area contributed by atoms with Gasteiger partial charge < -0.3 is 18.8 Å². The number of furan rings is 1. The maximum atomic E-state index is 12.3. The fourth-order valence-corrected chi connectivity index (χ4v) is 2.95. The second-order valence-electron chi connectivity index (χ2n) is 5.99. The highest BCUT2D eigenvalue weighted by Crippen LogP contribution is 2.20. The molecule has 1 amide bonds. The Bertz CT molecular complexity index is 470. The molecule has 0 aliphatic carbocycles. The van der Waals surface area contributed by atoms with Gasteiger partial charge in [0.15, 0.2) is 5.76 Å². The van der Waals surface area contributed by atoms with Crippen LogP contribution >= 0.6 is 0 Å². The van der Waals surface area contributed by atoms with E-state index in [0.29, 0.717) is 11.7 Å². The molecule has 0 radical (unpaired) electrons. The predicted octanol–water partition coefficient (Wildman–Crippen LogP) is 2.25. The fourth-order valence-electron chi connectivity index (χ4n) is 2.95. The Morgan fingerprint density at radius 1 is 1.38 bits per heavy atom. The summed E-state index contributed by atoms with van der Waals surface area (Å²) in [5.41, 5.74) is 0.902. The first-order valence-electron chi connectivity index (χ1n) is 7.76. The third kappa shape index (κ3) is 3.47. The molecule has 0 unspecified atom stereocenters. The van der Waals surface area contributed by atoms with Crippen molar-refractivity contribution in [3.05, 3.63) is 23.7 Å². The van der Waals surface area contributed by atoms with E-state index in [2.05, 4.69) is 0 Å². The molecule has 0 saturated carbocycles. The van der Waals surface area contributed by atoms with Crippen LogP contribution in [0.5, 0.6) is 0 Å². The van der Waals surface area contributed by atoms with Gasteiger partial charge in [-0.1, -0.05) is 0 Å². The fraction of sp³-hybridized carbons (Fsp3) is 0.688. The molecule has 2 aliphatic rings. The summed E-state index contributed by atoms with van der Waals surface area (Å²) in [6, 6.07) is 1.83. The second-order valence-corrected chi connectivity index (χ2v) is 5.99. The van der Waals surface area contributed by atoms with Gasteiger partial charge in [0.1, 0.15) is 0 Å². The van der Waals surface area contributed by atoms with Crippen molar-refractivity contribution in [2.24, 2.45) is 5.92 Å². The van der Waals surface area contributed by atoms with E-state index in [1.54, 1.807) is 6.26 Å². The topological polar surface area (TPSA) is 51.9 Å². The zero-order valence-corrected chi connectivity index (χ0v) is 12.5. The Hall–Kier alpha value is -1.33. The number of carbonyl (C=O) groups is 1. The number of nitrogens with zero attached hydrogens (tertiary/aromatic N) is 1. The lowest BCUT2D eigenvalue weighted by atomic mass is 10.1. The van der Waals surface area contributed by atoms with Crippen molar-refractivity contribution in [2.75, 3.05) is 32.9 Å². The first-order chi connectivity index (χ1) is 10.2. The Kier molecular flexibility index (Phi) is 4.60. The minimum atomic E-state index is 0.000132. The van der Waals surface area contributed by atoms with E-state index in [4.69, 9.17) is 13.9 Å². The third-order valence-corrected chi connectivity index (χ3v) is 4.38. The number of amides is 1. The summed E-state index contributed by atoms with van der Waals surface area (Å²) >= 11 is 0. The molecule has 5 heteroatoms. The molecule has 2 fully saturated rings. The summed E-state index contributed by atoms with van der Waals surface area (Å²) < 4.78 is 16.6. The van der Waals surface area contributed by atoms with Crippen LogP contribution in [-0.4, -0.2) is 49.8 Å². The Balaban J connectivity index is 1.44. The predicted molar refractivity (Wildman–Crippen MR) is 77.2 cm³/mol. The summed E-state index contributed by atoms with van der Waals surface area (Å²) in [7, 11) is 0. The van der Waals surface area contributed by atoms with Gasteiger partial charge in [-0.05, 0) is 32.3 Å². The molecule has 116 valence electrons. The number of rotatable bonds is 4. The largest absolute Gasteiger partial charge is 0.459 e. The number of likely N-dealkylation sites (tertiary alicyclic amines) is 1. The molecule has 0 bridgehead atoms. The summed E-state index contributed by atoms with van der Waals surface area (Å²) in [5, 5.41) is 0. The zero-order valence-electron chi connectivity index (χ0n) is 12.5. The number of hydrogen-bond acceptors (Lipinski definition) is 4. The molecule has 5 nitrogen and oxygen atoms in total. The van der Waals surface area contributed by atoms with Gasteiger partial charge in [-0.15, -0.1) is 0 Å². The maximum Gasteiger partial charge on any atom is 0.289 e. The number of carbonyl (C=O) groups excluding carboxylic acids is 1. The summed E-state index contributed by atoms with van der Waals surface area (Å²) in [6.45, 7) is 5.86. The van der Waals surface area contributed by atoms with Crippen molar-refractivity contribution >= 4 is 5.91 Å². The monoisotopic (exact) mass is 293 g/mol. The van der Waals surface area contributed by atoms with Crippen LogP contribution in [0, 0.1) is 12.8 Å². The Morgan fingerprint density at radius 3 is 2.81 bits per heavy atom. The van der Waals surface area contributed by atoms with Crippen LogP contribution in [0.1, 0.15) is 35.4 Å². The van der Waals surface area contributed by atoms with Gasteiger partial charge in [0.25, 0.3) is 5.91 Å². The molecule has 2 aliphatic heterocycles. The quantitative estimate of drug-likeness (QED) is 0.854. The summed E-state index contributed by atoms with van der Waals surface area (Å²) in [4.78, 5) is 14.2. The van der Waals surface area contributed by atoms with E-state index in [1.165, 1.54) is 0 Å². The lowest BCUT2D eigenvalue weighted by Crippen LogP contribution is -2.41. The number of ether oxygens (including phenoxy) is 2. The second kappa shape index (κ2) is 6.62. The first kappa shape index (κ1) is 14.6. The molecule has 1 atom stereocenters. The highest BCUT2D eigenvalue weighted by atomic mass is 16.5. The van der Waals surface area contributed by atoms with Gasteiger partial charge in [0.05, 0.1) is 25.6 Å². The molecule has 0 spiro atoms. The van der Waals surface area contributed by atoms with Crippen molar-refractivity contribution in [1.82, 2.24) is 4.90 Å². The highest BCUT2D eigenvalue weighted by molar-refractivity contribution is 5.92. The summed E-state index contributed by atoms with van der Waals surface area (Å²) in [5.74, 6) is 1.02. The molecule has 1 aromatic heterocycles. The van der Waals surface area contributed by atoms with Crippen LogP contribution in [0.4, 0.5) is 0 Å².